The molecule has 8 nitrogen and oxygen atoms in total. The fraction of sp³-hybridized carbons (Fsp3) is 0.238. The van der Waals surface area contributed by atoms with Crippen molar-refractivity contribution >= 4 is 23.9 Å². The molecule has 1 aliphatic rings. The highest BCUT2D eigenvalue weighted by molar-refractivity contribution is 6.33. The molecule has 1 aliphatic heterocycles. The highest BCUT2D eigenvalue weighted by Crippen LogP contribution is 2.45. The highest BCUT2D eigenvalue weighted by atomic mass is 19.1. The fourth-order valence-corrected chi connectivity index (χ4v) is 3.45. The third kappa shape index (κ3) is 4.00. The normalized spacial score (nSPS) is 18.0. The van der Waals surface area contributed by atoms with Crippen LogP contribution in [0.25, 0.3) is 0 Å². The number of hydrazone groups is 1. The minimum atomic E-state index is -0.808. The molecule has 0 fully saturated rings. The summed E-state index contributed by atoms with van der Waals surface area (Å²) >= 11 is 0. The van der Waals surface area contributed by atoms with Crippen molar-refractivity contribution in [2.75, 3.05) is 20.8 Å². The largest absolute Gasteiger partial charge is 0.486 e. The van der Waals surface area contributed by atoms with Crippen molar-refractivity contribution in [3.63, 3.8) is 0 Å². The lowest BCUT2D eigenvalue weighted by atomic mass is 9.86. The van der Waals surface area contributed by atoms with Gasteiger partial charge in [0.15, 0.2) is 5.84 Å². The Morgan fingerprint density at radius 1 is 1.23 bits per heavy atom. The third-order valence-corrected chi connectivity index (χ3v) is 4.77. The molecule has 156 valence electrons. The molecule has 0 spiro atoms. The maximum absolute atomic E-state index is 13.8. The predicted octanol–water partition coefficient (Wildman–Crippen LogP) is 1.61. The Bertz CT molecular complexity index is 1010. The number of carbonyl (C=O) groups is 2. The van der Waals surface area contributed by atoms with Crippen LogP contribution >= 0.6 is 0 Å². The van der Waals surface area contributed by atoms with Gasteiger partial charge in [-0.2, -0.15) is 5.10 Å². The Morgan fingerprint density at radius 3 is 2.57 bits per heavy atom. The molecule has 0 saturated heterocycles. The van der Waals surface area contributed by atoms with Gasteiger partial charge >= 0.3 is 0 Å². The highest BCUT2D eigenvalue weighted by Gasteiger charge is 2.39. The topological polar surface area (TPSA) is 118 Å². The van der Waals surface area contributed by atoms with Crippen LogP contribution in [0.5, 0.6) is 5.75 Å². The predicted molar refractivity (Wildman–Crippen MR) is 112 cm³/mol. The number of hydrogen-bond donors (Lipinski definition) is 3. The molecule has 1 heterocycles. The number of alkyl halides is 1. The van der Waals surface area contributed by atoms with Crippen LogP contribution in [0.2, 0.25) is 0 Å². The lowest BCUT2D eigenvalue weighted by Crippen LogP contribution is -2.33. The Balaban J connectivity index is 2.12. The Kier molecular flexibility index (Phi) is 6.41. The van der Waals surface area contributed by atoms with Crippen molar-refractivity contribution in [2.24, 2.45) is 15.9 Å². The summed E-state index contributed by atoms with van der Waals surface area (Å²) in [7, 11) is 2.98. The number of rotatable bonds is 5. The van der Waals surface area contributed by atoms with Gasteiger partial charge < -0.3 is 21.2 Å². The molecule has 1 unspecified atom stereocenters. The summed E-state index contributed by atoms with van der Waals surface area (Å²) in [6, 6.07) is 12.2. The van der Waals surface area contributed by atoms with Gasteiger partial charge in [-0.25, -0.2) is 4.39 Å². The molecule has 0 bridgehead atoms. The molecule has 30 heavy (non-hydrogen) atoms. The van der Waals surface area contributed by atoms with Gasteiger partial charge in [-0.05, 0) is 17.7 Å². The molecule has 0 radical (unpaired) electrons. The van der Waals surface area contributed by atoms with Gasteiger partial charge in [-0.1, -0.05) is 30.3 Å². The first-order valence-corrected chi connectivity index (χ1v) is 9.23. The van der Waals surface area contributed by atoms with E-state index in [-0.39, 0.29) is 22.7 Å². The molecular formula is C21H22FN5O3. The summed E-state index contributed by atoms with van der Waals surface area (Å²) < 4.78 is 19.6. The van der Waals surface area contributed by atoms with E-state index >= 15 is 0 Å². The zero-order valence-corrected chi connectivity index (χ0v) is 16.6. The lowest BCUT2D eigenvalue weighted by molar-refractivity contribution is 0.0955. The van der Waals surface area contributed by atoms with Gasteiger partial charge in [0.1, 0.15) is 18.5 Å². The van der Waals surface area contributed by atoms with Crippen LogP contribution in [-0.4, -0.2) is 50.7 Å². The fourth-order valence-electron chi connectivity index (χ4n) is 3.45. The molecule has 0 aliphatic carbocycles. The number of ether oxygens (including phenoxy) is 1. The Morgan fingerprint density at radius 2 is 1.97 bits per heavy atom. The summed E-state index contributed by atoms with van der Waals surface area (Å²) in [5.74, 6) is 4.13. The molecule has 2 aromatic carbocycles. The van der Waals surface area contributed by atoms with E-state index in [0.29, 0.717) is 5.56 Å². The molecular weight excluding hydrogens is 389 g/mol. The van der Waals surface area contributed by atoms with Crippen molar-refractivity contribution in [1.29, 1.82) is 0 Å². The van der Waals surface area contributed by atoms with Crippen molar-refractivity contribution in [3.05, 3.63) is 64.7 Å². The smallest absolute Gasteiger partial charge is 0.256 e. The molecule has 9 heteroatoms. The van der Waals surface area contributed by atoms with Crippen LogP contribution in [-0.2, 0) is 0 Å². The maximum atomic E-state index is 13.8. The van der Waals surface area contributed by atoms with Gasteiger partial charge in [-0.3, -0.25) is 14.6 Å². The van der Waals surface area contributed by atoms with E-state index in [9.17, 15) is 14.0 Å². The van der Waals surface area contributed by atoms with Crippen LogP contribution < -0.4 is 21.2 Å². The number of hydrogen-bond acceptors (Lipinski definition) is 6. The molecule has 2 amide bonds. The zero-order chi connectivity index (χ0) is 21.7. The van der Waals surface area contributed by atoms with Crippen LogP contribution in [0.3, 0.4) is 0 Å². The Hall–Kier alpha value is -3.75. The summed E-state index contributed by atoms with van der Waals surface area (Å²) in [5, 5.41) is 8.52. The third-order valence-electron chi connectivity index (χ3n) is 4.77. The van der Waals surface area contributed by atoms with Crippen LogP contribution in [0.1, 0.15) is 37.8 Å². The molecule has 3 rings (SSSR count). The van der Waals surface area contributed by atoms with E-state index in [1.54, 1.807) is 6.07 Å². The van der Waals surface area contributed by atoms with Crippen LogP contribution in [0.15, 0.2) is 52.6 Å². The van der Waals surface area contributed by atoms with E-state index in [1.807, 2.05) is 30.3 Å². The van der Waals surface area contributed by atoms with Crippen molar-refractivity contribution < 1.29 is 18.7 Å². The van der Waals surface area contributed by atoms with Crippen LogP contribution in [0, 0.1) is 0 Å². The number of amides is 2. The van der Waals surface area contributed by atoms with Gasteiger partial charge in [0.05, 0.1) is 17.7 Å². The summed E-state index contributed by atoms with van der Waals surface area (Å²) in [5.41, 5.74) is 1.71. The number of amidine groups is 1. The quantitative estimate of drug-likeness (QED) is 0.300. The molecule has 0 saturated carbocycles. The first-order valence-electron chi connectivity index (χ1n) is 9.23. The maximum Gasteiger partial charge on any atom is 0.256 e. The van der Waals surface area contributed by atoms with E-state index in [0.717, 1.165) is 5.56 Å². The van der Waals surface area contributed by atoms with E-state index in [2.05, 4.69) is 20.7 Å². The van der Waals surface area contributed by atoms with Crippen molar-refractivity contribution in [1.82, 2.24) is 10.6 Å². The number of nitrogens with two attached hydrogens (primary N) is 1. The van der Waals surface area contributed by atoms with E-state index < -0.39 is 30.5 Å². The lowest BCUT2D eigenvalue weighted by Gasteiger charge is -2.16. The van der Waals surface area contributed by atoms with E-state index in [1.165, 1.54) is 26.4 Å². The second-order valence-electron chi connectivity index (χ2n) is 6.58. The van der Waals surface area contributed by atoms with Gasteiger partial charge in [0.25, 0.3) is 11.8 Å². The van der Waals surface area contributed by atoms with E-state index in [4.69, 9.17) is 10.6 Å². The second kappa shape index (κ2) is 9.17. The number of nitrogens with zero attached hydrogens (tertiary/aromatic N) is 2. The molecule has 4 N–H and O–H groups in total. The second-order valence-corrected chi connectivity index (χ2v) is 6.58. The molecule has 2 aromatic rings. The van der Waals surface area contributed by atoms with Gasteiger partial charge in [0, 0.05) is 25.2 Å². The number of nitrogens with one attached hydrogen (secondary N) is 2. The number of halogens is 1. The minimum Gasteiger partial charge on any atom is -0.486 e. The SMILES string of the molecule is CN=CC(=NN)NC(=O)c1cc(C(=O)NC)c2c(c1)[C@H](c1ccccc1)C(CF)O2. The summed E-state index contributed by atoms with van der Waals surface area (Å²) in [6.45, 7) is -0.750. The molecule has 0 aromatic heterocycles. The standard InChI is InChI=1S/C21H22FN5O3/c1-24-11-17(27-23)26-20(28)13-8-14-18(12-6-4-3-5-7-12)16(10-22)30-19(14)15(9-13)21(29)25-2/h3-9,11,16,18H,10,23H2,1-2H3,(H,25,29)(H,26,27,28)/t16?,18-/m0/s1. The summed E-state index contributed by atoms with van der Waals surface area (Å²) in [6.07, 6.45) is 0.484. The first-order chi connectivity index (χ1) is 14.5. The number of aliphatic imine (C=N–C) groups is 1. The average molecular weight is 411 g/mol. The number of carbonyl (C=O) groups excluding carboxylic acids is 2. The monoisotopic (exact) mass is 411 g/mol. The van der Waals surface area contributed by atoms with Gasteiger partial charge in [0.2, 0.25) is 0 Å². The summed E-state index contributed by atoms with van der Waals surface area (Å²) in [4.78, 5) is 29.0. The average Bonchev–Trinajstić information content (AvgIpc) is 3.16. The van der Waals surface area contributed by atoms with Gasteiger partial charge in [-0.15, -0.1) is 0 Å². The number of benzene rings is 2. The van der Waals surface area contributed by atoms with Crippen molar-refractivity contribution in [2.45, 2.75) is 12.0 Å². The van der Waals surface area contributed by atoms with Crippen LogP contribution in [0.4, 0.5) is 4.39 Å². The minimum absolute atomic E-state index is 0.0574. The number of fused-ring (bicyclic) bond motifs is 1. The Labute approximate surface area is 173 Å². The van der Waals surface area contributed by atoms with Crippen molar-refractivity contribution in [3.8, 4) is 5.75 Å². The first kappa shape index (κ1) is 21.0. The molecule has 2 atom stereocenters. The zero-order valence-electron chi connectivity index (χ0n) is 16.6.